The molecule has 204 valence electrons. The smallest absolute Gasteiger partial charge is 0.240 e. The first-order valence-corrected chi connectivity index (χ1v) is 13.7. The Bertz CT molecular complexity index is 1120. The van der Waals surface area contributed by atoms with E-state index in [0.717, 1.165) is 64.1 Å². The summed E-state index contributed by atoms with van der Waals surface area (Å²) in [6.07, 6.45) is 3.13. The van der Waals surface area contributed by atoms with Crippen LogP contribution >= 0.6 is 48.0 Å². The lowest BCUT2D eigenvalue weighted by Gasteiger charge is -2.43. The number of benzene rings is 3. The third kappa shape index (κ3) is 7.24. The van der Waals surface area contributed by atoms with E-state index in [1.54, 1.807) is 0 Å². The van der Waals surface area contributed by atoms with Crippen LogP contribution < -0.4 is 0 Å². The molecule has 0 aliphatic carbocycles. The molecule has 0 aromatic heterocycles. The lowest BCUT2D eigenvalue weighted by Crippen LogP contribution is -2.56. The third-order valence-corrected chi connectivity index (χ3v) is 8.23. The largest absolute Gasteiger partial charge is 0.339 e. The minimum absolute atomic E-state index is 0. The summed E-state index contributed by atoms with van der Waals surface area (Å²) < 4.78 is 0. The van der Waals surface area contributed by atoms with Crippen LogP contribution in [0, 0.1) is 0 Å². The highest BCUT2D eigenvalue weighted by atomic mass is 35.5. The van der Waals surface area contributed by atoms with E-state index in [9.17, 15) is 4.79 Å². The molecule has 38 heavy (non-hydrogen) atoms. The van der Waals surface area contributed by atoms with Gasteiger partial charge in [-0.05, 0) is 48.2 Å². The summed E-state index contributed by atoms with van der Waals surface area (Å²) in [4.78, 5) is 20.6. The highest BCUT2D eigenvalue weighted by Gasteiger charge is 2.35. The number of piperidine rings is 1. The standard InChI is InChI=1S/C30H33Cl2N3O.2ClH/c31-26-15-14-23(21-27(26)32)22-35-16-8-7-13-28(35)30(36)34-19-17-33(18-20-34)29(24-9-3-1-4-10-24)25-11-5-2-6-12-25;;/h1-6,9-12,14-15,21,28-29H,7-8,13,16-20,22H2;2*1H. The maximum Gasteiger partial charge on any atom is 0.240 e. The molecule has 2 fully saturated rings. The Labute approximate surface area is 248 Å². The van der Waals surface area contributed by atoms with Crippen molar-refractivity contribution in [2.45, 2.75) is 37.9 Å². The second-order valence-corrected chi connectivity index (χ2v) is 10.6. The minimum Gasteiger partial charge on any atom is -0.339 e. The van der Waals surface area contributed by atoms with Gasteiger partial charge >= 0.3 is 0 Å². The molecule has 2 saturated heterocycles. The first kappa shape index (κ1) is 30.7. The van der Waals surface area contributed by atoms with E-state index < -0.39 is 0 Å². The van der Waals surface area contributed by atoms with Crippen molar-refractivity contribution < 1.29 is 4.79 Å². The van der Waals surface area contributed by atoms with Gasteiger partial charge in [0.1, 0.15) is 0 Å². The van der Waals surface area contributed by atoms with Crippen molar-refractivity contribution in [2.75, 3.05) is 32.7 Å². The molecule has 5 rings (SSSR count). The topological polar surface area (TPSA) is 26.8 Å². The lowest BCUT2D eigenvalue weighted by atomic mass is 9.96. The molecule has 1 unspecified atom stereocenters. The fourth-order valence-corrected chi connectivity index (χ4v) is 5.95. The zero-order valence-corrected chi connectivity index (χ0v) is 24.5. The SMILES string of the molecule is Cl.Cl.O=C(C1CCCCN1Cc1ccc(Cl)c(Cl)c1)N1CCN(C(c2ccccc2)c2ccccc2)CC1. The molecule has 0 bridgehead atoms. The molecule has 3 aromatic rings. The van der Waals surface area contributed by atoms with E-state index in [0.29, 0.717) is 10.0 Å². The van der Waals surface area contributed by atoms with E-state index in [4.69, 9.17) is 23.2 Å². The molecule has 4 nitrogen and oxygen atoms in total. The van der Waals surface area contributed by atoms with Crippen LogP contribution in [0.5, 0.6) is 0 Å². The number of hydrogen-bond acceptors (Lipinski definition) is 3. The van der Waals surface area contributed by atoms with Crippen molar-refractivity contribution in [3.05, 3.63) is 106 Å². The Balaban J connectivity index is 0.00000200. The maximum absolute atomic E-state index is 13.7. The van der Waals surface area contributed by atoms with Crippen LogP contribution in [0.3, 0.4) is 0 Å². The predicted octanol–water partition coefficient (Wildman–Crippen LogP) is 7.13. The van der Waals surface area contributed by atoms with E-state index in [2.05, 4.69) is 75.4 Å². The molecular weight excluding hydrogens is 560 g/mol. The van der Waals surface area contributed by atoms with Crippen LogP contribution in [0.25, 0.3) is 0 Å². The van der Waals surface area contributed by atoms with Gasteiger partial charge in [-0.15, -0.1) is 24.8 Å². The van der Waals surface area contributed by atoms with E-state index in [1.807, 2.05) is 18.2 Å². The fourth-order valence-electron chi connectivity index (χ4n) is 5.63. The van der Waals surface area contributed by atoms with Crippen LogP contribution in [0.4, 0.5) is 0 Å². The van der Waals surface area contributed by atoms with Crippen molar-refractivity contribution in [2.24, 2.45) is 0 Å². The minimum atomic E-state index is -0.0706. The number of hydrogen-bond donors (Lipinski definition) is 0. The van der Waals surface area contributed by atoms with E-state index in [1.165, 1.54) is 11.1 Å². The quantitative estimate of drug-likeness (QED) is 0.304. The summed E-state index contributed by atoms with van der Waals surface area (Å²) in [7, 11) is 0. The Morgan fingerprint density at radius 3 is 1.95 bits per heavy atom. The Morgan fingerprint density at radius 2 is 1.37 bits per heavy atom. The first-order chi connectivity index (χ1) is 17.6. The van der Waals surface area contributed by atoms with Crippen molar-refractivity contribution >= 4 is 53.9 Å². The molecule has 0 N–H and O–H groups in total. The second kappa shape index (κ2) is 14.6. The molecule has 1 atom stereocenters. The van der Waals surface area contributed by atoms with Gasteiger partial charge in [0.2, 0.25) is 5.91 Å². The van der Waals surface area contributed by atoms with Crippen LogP contribution in [-0.4, -0.2) is 59.4 Å². The number of piperazine rings is 1. The summed E-state index contributed by atoms with van der Waals surface area (Å²) in [5, 5.41) is 1.13. The van der Waals surface area contributed by atoms with Crippen molar-refractivity contribution in [1.82, 2.24) is 14.7 Å². The van der Waals surface area contributed by atoms with E-state index >= 15 is 0 Å². The van der Waals surface area contributed by atoms with Gasteiger partial charge in [0.05, 0.1) is 22.1 Å². The number of rotatable bonds is 6. The van der Waals surface area contributed by atoms with E-state index in [-0.39, 0.29) is 42.8 Å². The normalized spacial score (nSPS) is 18.5. The zero-order valence-electron chi connectivity index (χ0n) is 21.3. The highest BCUT2D eigenvalue weighted by Crippen LogP contribution is 2.30. The fraction of sp³-hybridized carbons (Fsp3) is 0.367. The molecule has 3 aromatic carbocycles. The molecule has 8 heteroatoms. The molecule has 2 heterocycles. The monoisotopic (exact) mass is 593 g/mol. The number of likely N-dealkylation sites (tertiary alicyclic amines) is 1. The van der Waals surface area contributed by atoms with Crippen LogP contribution in [0.1, 0.15) is 42.0 Å². The molecule has 0 spiro atoms. The van der Waals surface area contributed by atoms with Gasteiger partial charge < -0.3 is 4.90 Å². The molecule has 1 amide bonds. The summed E-state index contributed by atoms with van der Waals surface area (Å²) in [6, 6.07) is 27.3. The summed E-state index contributed by atoms with van der Waals surface area (Å²) >= 11 is 12.4. The highest BCUT2D eigenvalue weighted by molar-refractivity contribution is 6.42. The maximum atomic E-state index is 13.7. The number of halogens is 4. The lowest BCUT2D eigenvalue weighted by molar-refractivity contribution is -0.140. The first-order valence-electron chi connectivity index (χ1n) is 12.9. The predicted molar refractivity (Wildman–Crippen MR) is 162 cm³/mol. The second-order valence-electron chi connectivity index (χ2n) is 9.82. The third-order valence-electron chi connectivity index (χ3n) is 7.49. The van der Waals surface area contributed by atoms with Gasteiger partial charge in [-0.3, -0.25) is 14.6 Å². The average Bonchev–Trinajstić information content (AvgIpc) is 2.92. The number of carbonyl (C=O) groups is 1. The van der Waals surface area contributed by atoms with Gasteiger partial charge in [-0.25, -0.2) is 0 Å². The van der Waals surface area contributed by atoms with Crippen molar-refractivity contribution in [3.63, 3.8) is 0 Å². The summed E-state index contributed by atoms with van der Waals surface area (Å²) in [5.74, 6) is 0.269. The van der Waals surface area contributed by atoms with Crippen LogP contribution in [0.15, 0.2) is 78.9 Å². The summed E-state index contributed by atoms with van der Waals surface area (Å²) in [5.41, 5.74) is 3.69. The summed E-state index contributed by atoms with van der Waals surface area (Å²) in [6.45, 7) is 4.88. The van der Waals surface area contributed by atoms with Gasteiger partial charge in [0.25, 0.3) is 0 Å². The van der Waals surface area contributed by atoms with Crippen molar-refractivity contribution in [1.29, 1.82) is 0 Å². The van der Waals surface area contributed by atoms with Crippen LogP contribution in [-0.2, 0) is 11.3 Å². The van der Waals surface area contributed by atoms with Gasteiger partial charge in [-0.1, -0.05) is 96.4 Å². The zero-order chi connectivity index (χ0) is 24.9. The Hall–Kier alpha value is -1.79. The average molecular weight is 595 g/mol. The van der Waals surface area contributed by atoms with Crippen molar-refractivity contribution in [3.8, 4) is 0 Å². The molecule has 0 saturated carbocycles. The number of amides is 1. The molecule has 0 radical (unpaired) electrons. The van der Waals surface area contributed by atoms with Gasteiger partial charge in [0.15, 0.2) is 0 Å². The van der Waals surface area contributed by atoms with Crippen LogP contribution in [0.2, 0.25) is 10.0 Å². The molecule has 2 aliphatic heterocycles. The molecule has 2 aliphatic rings. The molecular formula is C30H35Cl4N3O. The number of carbonyl (C=O) groups excluding carboxylic acids is 1. The van der Waals surface area contributed by atoms with Gasteiger partial charge in [-0.2, -0.15) is 0 Å². The Morgan fingerprint density at radius 1 is 0.763 bits per heavy atom. The van der Waals surface area contributed by atoms with Gasteiger partial charge in [0, 0.05) is 32.7 Å². The Kier molecular flexibility index (Phi) is 11.8. The number of nitrogens with zero attached hydrogens (tertiary/aromatic N) is 3.